The number of nitro benzene ring substituents is 1. The Bertz CT molecular complexity index is 674. The largest absolute Gasteiger partial charge is 0.342 e. The van der Waals surface area contributed by atoms with Gasteiger partial charge in [0.05, 0.1) is 16.9 Å². The van der Waals surface area contributed by atoms with Crippen molar-refractivity contribution >= 4 is 17.5 Å². The van der Waals surface area contributed by atoms with Crippen LogP contribution in [0.4, 0.5) is 5.69 Å². The summed E-state index contributed by atoms with van der Waals surface area (Å²) < 4.78 is 0. The van der Waals surface area contributed by atoms with Crippen LogP contribution in [0.1, 0.15) is 38.8 Å². The molecular weight excluding hydrogens is 322 g/mol. The number of hydrogen-bond acceptors (Lipinski definition) is 4. The summed E-state index contributed by atoms with van der Waals surface area (Å²) in [5.74, 6) is -0.0706. The van der Waals surface area contributed by atoms with Gasteiger partial charge in [0.2, 0.25) is 11.8 Å². The lowest BCUT2D eigenvalue weighted by Gasteiger charge is -2.28. The van der Waals surface area contributed by atoms with Gasteiger partial charge in [-0.3, -0.25) is 19.7 Å². The third kappa shape index (κ3) is 4.35. The zero-order valence-electron chi connectivity index (χ0n) is 15.1. The molecule has 2 unspecified atom stereocenters. The molecule has 1 aliphatic heterocycles. The Kier molecular flexibility index (Phi) is 5.77. The van der Waals surface area contributed by atoms with Crippen molar-refractivity contribution in [3.8, 4) is 0 Å². The second-order valence-corrected chi connectivity index (χ2v) is 7.07. The Morgan fingerprint density at radius 2 is 2.08 bits per heavy atom. The molecule has 0 aromatic heterocycles. The van der Waals surface area contributed by atoms with E-state index in [0.717, 1.165) is 0 Å². The maximum atomic E-state index is 12.8. The van der Waals surface area contributed by atoms with Gasteiger partial charge in [0.1, 0.15) is 0 Å². The summed E-state index contributed by atoms with van der Waals surface area (Å²) in [7, 11) is 1.68. The van der Waals surface area contributed by atoms with Crippen molar-refractivity contribution in [3.05, 3.63) is 39.9 Å². The van der Waals surface area contributed by atoms with Crippen LogP contribution in [0.3, 0.4) is 0 Å². The van der Waals surface area contributed by atoms with Gasteiger partial charge >= 0.3 is 0 Å². The van der Waals surface area contributed by atoms with Crippen molar-refractivity contribution in [1.82, 2.24) is 9.80 Å². The molecule has 0 radical (unpaired) electrons. The molecule has 2 atom stereocenters. The minimum atomic E-state index is -0.447. The number of nitro groups is 1. The minimum absolute atomic E-state index is 0.00403. The highest BCUT2D eigenvalue weighted by atomic mass is 16.6. The standard InChI is InChI=1S/C18H25N3O4/c1-12(2)10-20-11-15(9-17(20)22)18(23)19(4)13(3)14-6-5-7-16(8-14)21(24)25/h5-8,12-13,15H,9-11H2,1-4H3. The molecule has 1 aliphatic rings. The molecule has 2 rings (SSSR count). The predicted molar refractivity (Wildman–Crippen MR) is 93.8 cm³/mol. The van der Waals surface area contributed by atoms with Crippen LogP contribution < -0.4 is 0 Å². The fraction of sp³-hybridized carbons (Fsp3) is 0.556. The summed E-state index contributed by atoms with van der Waals surface area (Å²) in [6.45, 7) is 7.02. The lowest BCUT2D eigenvalue weighted by molar-refractivity contribution is -0.384. The first-order valence-corrected chi connectivity index (χ1v) is 8.49. The number of rotatable bonds is 6. The lowest BCUT2D eigenvalue weighted by Crippen LogP contribution is -2.36. The number of benzene rings is 1. The normalized spacial score (nSPS) is 18.5. The highest BCUT2D eigenvalue weighted by molar-refractivity contribution is 5.89. The van der Waals surface area contributed by atoms with Gasteiger partial charge in [0.15, 0.2) is 0 Å². The lowest BCUT2D eigenvalue weighted by atomic mass is 10.0. The molecule has 25 heavy (non-hydrogen) atoms. The van der Waals surface area contributed by atoms with Gasteiger partial charge in [-0.15, -0.1) is 0 Å². The molecule has 7 nitrogen and oxygen atoms in total. The minimum Gasteiger partial charge on any atom is -0.342 e. The average Bonchev–Trinajstić information content (AvgIpc) is 2.93. The van der Waals surface area contributed by atoms with E-state index in [0.29, 0.717) is 24.6 Å². The van der Waals surface area contributed by atoms with E-state index in [1.165, 1.54) is 12.1 Å². The summed E-state index contributed by atoms with van der Waals surface area (Å²) in [6.07, 6.45) is 0.234. The zero-order valence-corrected chi connectivity index (χ0v) is 15.1. The molecule has 0 saturated carbocycles. The van der Waals surface area contributed by atoms with Crippen molar-refractivity contribution in [3.63, 3.8) is 0 Å². The number of amides is 2. The number of likely N-dealkylation sites (tertiary alicyclic amines) is 1. The van der Waals surface area contributed by atoms with Crippen molar-refractivity contribution in [2.24, 2.45) is 11.8 Å². The molecule has 1 aromatic rings. The van der Waals surface area contributed by atoms with Crippen molar-refractivity contribution < 1.29 is 14.5 Å². The zero-order chi connectivity index (χ0) is 18.7. The van der Waals surface area contributed by atoms with Crippen LogP contribution in [-0.4, -0.2) is 46.7 Å². The van der Waals surface area contributed by atoms with E-state index in [1.54, 1.807) is 29.0 Å². The van der Waals surface area contributed by atoms with Gasteiger partial charge in [0.25, 0.3) is 5.69 Å². The number of carbonyl (C=O) groups excluding carboxylic acids is 2. The third-order valence-electron chi connectivity index (χ3n) is 4.64. The first-order chi connectivity index (χ1) is 11.7. The quantitative estimate of drug-likeness (QED) is 0.585. The first-order valence-electron chi connectivity index (χ1n) is 8.49. The molecule has 2 amide bonds. The summed E-state index contributed by atoms with van der Waals surface area (Å²) in [4.78, 5) is 38.7. The summed E-state index contributed by atoms with van der Waals surface area (Å²) >= 11 is 0. The third-order valence-corrected chi connectivity index (χ3v) is 4.64. The molecule has 0 N–H and O–H groups in total. The van der Waals surface area contributed by atoms with E-state index in [1.807, 2.05) is 20.8 Å². The molecule has 1 heterocycles. The van der Waals surface area contributed by atoms with Gasteiger partial charge in [-0.05, 0) is 18.4 Å². The summed E-state index contributed by atoms with van der Waals surface area (Å²) in [6, 6.07) is 6.00. The van der Waals surface area contributed by atoms with E-state index in [-0.39, 0.29) is 35.9 Å². The molecule has 0 bridgehead atoms. The number of nitrogens with zero attached hydrogens (tertiary/aromatic N) is 3. The molecule has 136 valence electrons. The molecule has 1 fully saturated rings. The SMILES string of the molecule is CC(C)CN1CC(C(=O)N(C)C(C)c2cccc([N+](=O)[O-])c2)CC1=O. The number of non-ortho nitro benzene ring substituents is 1. The topological polar surface area (TPSA) is 83.8 Å². The highest BCUT2D eigenvalue weighted by Crippen LogP contribution is 2.27. The molecular formula is C18H25N3O4. The van der Waals surface area contributed by atoms with E-state index in [9.17, 15) is 19.7 Å². The van der Waals surface area contributed by atoms with Crippen molar-refractivity contribution in [2.75, 3.05) is 20.1 Å². The van der Waals surface area contributed by atoms with Crippen LogP contribution in [0.5, 0.6) is 0 Å². The molecule has 1 aromatic carbocycles. The van der Waals surface area contributed by atoms with Gasteiger partial charge in [-0.2, -0.15) is 0 Å². The molecule has 7 heteroatoms. The Labute approximate surface area is 147 Å². The highest BCUT2D eigenvalue weighted by Gasteiger charge is 2.36. The Balaban J connectivity index is 2.08. The first kappa shape index (κ1) is 18.9. The maximum absolute atomic E-state index is 12.8. The summed E-state index contributed by atoms with van der Waals surface area (Å²) in [5.41, 5.74) is 0.706. The second-order valence-electron chi connectivity index (χ2n) is 7.07. The fourth-order valence-corrected chi connectivity index (χ4v) is 3.16. The Morgan fingerprint density at radius 3 is 2.68 bits per heavy atom. The van der Waals surface area contributed by atoms with Gasteiger partial charge in [-0.25, -0.2) is 0 Å². The second kappa shape index (κ2) is 7.63. The van der Waals surface area contributed by atoms with E-state index >= 15 is 0 Å². The smallest absolute Gasteiger partial charge is 0.269 e. The Morgan fingerprint density at radius 1 is 1.40 bits per heavy atom. The summed E-state index contributed by atoms with van der Waals surface area (Å²) in [5, 5.41) is 10.9. The van der Waals surface area contributed by atoms with Crippen LogP contribution in [0.25, 0.3) is 0 Å². The number of hydrogen-bond donors (Lipinski definition) is 0. The van der Waals surface area contributed by atoms with E-state index < -0.39 is 4.92 Å². The monoisotopic (exact) mass is 347 g/mol. The predicted octanol–water partition coefficient (Wildman–Crippen LogP) is 2.62. The van der Waals surface area contributed by atoms with Crippen molar-refractivity contribution in [1.29, 1.82) is 0 Å². The van der Waals surface area contributed by atoms with Gasteiger partial charge < -0.3 is 9.80 Å². The van der Waals surface area contributed by atoms with Crippen LogP contribution in [0, 0.1) is 22.0 Å². The van der Waals surface area contributed by atoms with E-state index in [4.69, 9.17) is 0 Å². The number of carbonyl (C=O) groups is 2. The van der Waals surface area contributed by atoms with Crippen LogP contribution in [0.15, 0.2) is 24.3 Å². The van der Waals surface area contributed by atoms with Crippen LogP contribution in [-0.2, 0) is 9.59 Å². The van der Waals surface area contributed by atoms with Crippen LogP contribution in [0.2, 0.25) is 0 Å². The van der Waals surface area contributed by atoms with Crippen LogP contribution >= 0.6 is 0 Å². The molecule has 0 spiro atoms. The van der Waals surface area contributed by atoms with Gasteiger partial charge in [0, 0.05) is 38.7 Å². The maximum Gasteiger partial charge on any atom is 0.269 e. The van der Waals surface area contributed by atoms with E-state index in [2.05, 4.69) is 0 Å². The fourth-order valence-electron chi connectivity index (χ4n) is 3.16. The Hall–Kier alpha value is -2.44. The molecule has 1 saturated heterocycles. The molecule has 0 aliphatic carbocycles. The van der Waals surface area contributed by atoms with Gasteiger partial charge in [-0.1, -0.05) is 26.0 Å². The van der Waals surface area contributed by atoms with Crippen molar-refractivity contribution in [2.45, 2.75) is 33.2 Å². The average molecular weight is 347 g/mol.